The van der Waals surface area contributed by atoms with Crippen molar-refractivity contribution in [2.75, 3.05) is 6.54 Å². The number of hydrogen-bond donors (Lipinski definition) is 2. The van der Waals surface area contributed by atoms with Crippen molar-refractivity contribution < 1.29 is 19.5 Å². The molecule has 0 bridgehead atoms. The average molecular weight is 456 g/mol. The van der Waals surface area contributed by atoms with Crippen LogP contribution in [-0.4, -0.2) is 33.2 Å². The molecule has 0 aliphatic carbocycles. The summed E-state index contributed by atoms with van der Waals surface area (Å²) >= 11 is 0. The monoisotopic (exact) mass is 455 g/mol. The molecule has 4 aromatic rings. The van der Waals surface area contributed by atoms with E-state index in [-0.39, 0.29) is 12.7 Å². The Hall–Kier alpha value is -4.10. The fourth-order valence-electron chi connectivity index (χ4n) is 4.56. The lowest BCUT2D eigenvalue weighted by atomic mass is 10.0. The van der Waals surface area contributed by atoms with Crippen molar-refractivity contribution in [3.05, 3.63) is 107 Å². The molecule has 0 saturated heterocycles. The summed E-state index contributed by atoms with van der Waals surface area (Å²) in [4.78, 5) is 26.0. The van der Waals surface area contributed by atoms with E-state index in [1.807, 2.05) is 12.1 Å². The van der Waals surface area contributed by atoms with Crippen molar-refractivity contribution in [2.24, 2.45) is 0 Å². The molecule has 7 nitrogen and oxygen atoms in total. The molecular weight excluding hydrogens is 430 g/mol. The van der Waals surface area contributed by atoms with Crippen molar-refractivity contribution in [3.63, 3.8) is 0 Å². The number of aromatic nitrogens is 1. The number of ether oxygens (including phenoxy) is 1. The smallest absolute Gasteiger partial charge is 0.410 e. The van der Waals surface area contributed by atoms with Crippen LogP contribution in [0.15, 0.2) is 78.9 Å². The van der Waals surface area contributed by atoms with Gasteiger partial charge in [-0.15, -0.1) is 0 Å². The first kappa shape index (κ1) is 21.7. The summed E-state index contributed by atoms with van der Waals surface area (Å²) in [7, 11) is 0. The third-order valence-electron chi connectivity index (χ3n) is 6.28. The molecular formula is C27H25N3O4. The SMILES string of the molecule is O=C(NO)c1ccc(COC(=O)N2CCc3c(c4ccccc4n3Cc3ccccc3)C2)cc1. The van der Waals surface area contributed by atoms with Gasteiger partial charge >= 0.3 is 6.09 Å². The lowest BCUT2D eigenvalue weighted by Gasteiger charge is -2.27. The third kappa shape index (κ3) is 4.25. The standard InChI is InChI=1S/C27H25N3O4/c31-26(28-33)21-12-10-20(11-13-21)18-34-27(32)29-15-14-25-23(17-29)22-8-4-5-9-24(22)30(25)16-19-6-2-1-3-7-19/h1-13,33H,14-18H2,(H,28,31). The lowest BCUT2D eigenvalue weighted by Crippen LogP contribution is -2.36. The minimum Gasteiger partial charge on any atom is -0.445 e. The number of fused-ring (bicyclic) bond motifs is 3. The van der Waals surface area contributed by atoms with Crippen molar-refractivity contribution in [1.82, 2.24) is 14.9 Å². The summed E-state index contributed by atoms with van der Waals surface area (Å²) in [6.07, 6.45) is 0.402. The van der Waals surface area contributed by atoms with Gasteiger partial charge < -0.3 is 14.2 Å². The number of carbonyl (C=O) groups is 2. The molecule has 1 aliphatic heterocycles. The predicted octanol–water partition coefficient (Wildman–Crippen LogP) is 4.50. The zero-order valence-corrected chi connectivity index (χ0v) is 18.6. The van der Waals surface area contributed by atoms with Crippen molar-refractivity contribution in [2.45, 2.75) is 26.1 Å². The van der Waals surface area contributed by atoms with Gasteiger partial charge in [-0.05, 0) is 29.3 Å². The van der Waals surface area contributed by atoms with Crippen LogP contribution in [0.1, 0.15) is 32.7 Å². The Morgan fingerprint density at radius 2 is 1.65 bits per heavy atom. The Morgan fingerprint density at radius 3 is 2.41 bits per heavy atom. The Kier molecular flexibility index (Phi) is 6.01. The Balaban J connectivity index is 1.31. The number of hydrogen-bond acceptors (Lipinski definition) is 4. The second-order valence-corrected chi connectivity index (χ2v) is 8.38. The van der Waals surface area contributed by atoms with Crippen LogP contribution in [0.4, 0.5) is 4.79 Å². The molecule has 7 heteroatoms. The molecule has 1 aliphatic rings. The highest BCUT2D eigenvalue weighted by molar-refractivity contribution is 5.93. The van der Waals surface area contributed by atoms with Gasteiger partial charge in [-0.2, -0.15) is 0 Å². The molecule has 1 aromatic heterocycles. The molecule has 0 atom stereocenters. The van der Waals surface area contributed by atoms with Gasteiger partial charge in [0.15, 0.2) is 0 Å². The summed E-state index contributed by atoms with van der Waals surface area (Å²) < 4.78 is 7.92. The maximum absolute atomic E-state index is 12.8. The largest absolute Gasteiger partial charge is 0.445 e. The second-order valence-electron chi connectivity index (χ2n) is 8.38. The topological polar surface area (TPSA) is 83.8 Å². The van der Waals surface area contributed by atoms with Crippen molar-refractivity contribution >= 4 is 22.9 Å². The molecule has 34 heavy (non-hydrogen) atoms. The van der Waals surface area contributed by atoms with E-state index in [1.165, 1.54) is 27.7 Å². The number of nitrogens with zero attached hydrogens (tertiary/aromatic N) is 2. The fraction of sp³-hybridized carbons (Fsp3) is 0.185. The molecule has 3 aromatic carbocycles. The summed E-state index contributed by atoms with van der Waals surface area (Å²) in [5, 5.41) is 9.88. The minimum atomic E-state index is -0.584. The molecule has 0 fully saturated rings. The quantitative estimate of drug-likeness (QED) is 0.343. The van der Waals surface area contributed by atoms with Gasteiger partial charge in [-0.25, -0.2) is 10.3 Å². The van der Waals surface area contributed by atoms with Crippen LogP contribution < -0.4 is 5.48 Å². The van der Waals surface area contributed by atoms with E-state index in [4.69, 9.17) is 9.94 Å². The van der Waals surface area contributed by atoms with E-state index in [0.717, 1.165) is 18.5 Å². The van der Waals surface area contributed by atoms with Gasteiger partial charge in [-0.1, -0.05) is 60.7 Å². The second kappa shape index (κ2) is 9.41. The average Bonchev–Trinajstić information content (AvgIpc) is 3.20. The van der Waals surface area contributed by atoms with Crippen LogP contribution in [0.25, 0.3) is 10.9 Å². The molecule has 0 unspecified atom stereocenters. The third-order valence-corrected chi connectivity index (χ3v) is 6.28. The molecule has 0 spiro atoms. The predicted molar refractivity (Wildman–Crippen MR) is 127 cm³/mol. The van der Waals surface area contributed by atoms with Gasteiger partial charge in [0.25, 0.3) is 5.91 Å². The van der Waals surface area contributed by atoms with E-state index >= 15 is 0 Å². The molecule has 0 radical (unpaired) electrons. The number of nitrogens with one attached hydrogen (secondary N) is 1. The number of amides is 2. The molecule has 172 valence electrons. The Labute approximate surface area is 197 Å². The highest BCUT2D eigenvalue weighted by Crippen LogP contribution is 2.32. The molecule has 2 N–H and O–H groups in total. The van der Waals surface area contributed by atoms with Gasteiger partial charge in [0, 0.05) is 47.2 Å². The maximum atomic E-state index is 12.8. The summed E-state index contributed by atoms with van der Waals surface area (Å²) in [5.74, 6) is -0.584. The van der Waals surface area contributed by atoms with Crippen LogP contribution in [0.3, 0.4) is 0 Å². The van der Waals surface area contributed by atoms with E-state index in [9.17, 15) is 9.59 Å². The number of benzene rings is 3. The first-order valence-corrected chi connectivity index (χ1v) is 11.2. The van der Waals surface area contributed by atoms with Crippen LogP contribution in [-0.2, 0) is 30.9 Å². The zero-order valence-electron chi connectivity index (χ0n) is 18.6. The maximum Gasteiger partial charge on any atom is 0.410 e. The van der Waals surface area contributed by atoms with Gasteiger partial charge in [0.2, 0.25) is 0 Å². The van der Waals surface area contributed by atoms with Gasteiger partial charge in [-0.3, -0.25) is 10.0 Å². The normalized spacial score (nSPS) is 12.9. The van der Waals surface area contributed by atoms with Gasteiger partial charge in [0.05, 0.1) is 6.54 Å². The van der Waals surface area contributed by atoms with Crippen molar-refractivity contribution in [3.8, 4) is 0 Å². The molecule has 0 saturated carbocycles. The Bertz CT molecular complexity index is 1330. The van der Waals surface area contributed by atoms with Crippen LogP contribution in [0, 0.1) is 0 Å². The van der Waals surface area contributed by atoms with E-state index in [0.29, 0.717) is 18.7 Å². The first-order chi connectivity index (χ1) is 16.6. The molecule has 5 rings (SSSR count). The Morgan fingerprint density at radius 1 is 0.912 bits per heavy atom. The van der Waals surface area contributed by atoms with Crippen molar-refractivity contribution in [1.29, 1.82) is 0 Å². The number of para-hydroxylation sites is 1. The molecule has 2 heterocycles. The highest BCUT2D eigenvalue weighted by Gasteiger charge is 2.27. The number of rotatable bonds is 5. The first-order valence-electron chi connectivity index (χ1n) is 11.2. The van der Waals surface area contributed by atoms with Crippen LogP contribution in [0.5, 0.6) is 0 Å². The van der Waals surface area contributed by atoms with Crippen LogP contribution in [0.2, 0.25) is 0 Å². The van der Waals surface area contributed by atoms with Crippen LogP contribution >= 0.6 is 0 Å². The van der Waals surface area contributed by atoms with E-state index in [1.54, 1.807) is 34.6 Å². The summed E-state index contributed by atoms with van der Waals surface area (Å²) in [6.45, 7) is 2.00. The lowest BCUT2D eigenvalue weighted by molar-refractivity contribution is 0.0706. The highest BCUT2D eigenvalue weighted by atomic mass is 16.6. The summed E-state index contributed by atoms with van der Waals surface area (Å²) in [6, 6.07) is 25.3. The summed E-state index contributed by atoms with van der Waals surface area (Å²) in [5.41, 5.74) is 7.56. The van der Waals surface area contributed by atoms with Gasteiger partial charge in [0.1, 0.15) is 6.61 Å². The van der Waals surface area contributed by atoms with E-state index < -0.39 is 5.91 Å². The number of carbonyl (C=O) groups excluding carboxylic acids is 2. The molecule has 2 amide bonds. The fourth-order valence-corrected chi connectivity index (χ4v) is 4.56. The van der Waals surface area contributed by atoms with E-state index in [2.05, 4.69) is 47.0 Å². The zero-order chi connectivity index (χ0) is 23.5. The minimum absolute atomic E-state index is 0.110. The number of hydroxylamine groups is 1.